The molecule has 1 saturated heterocycles. The highest BCUT2D eigenvalue weighted by atomic mass is 32.1. The number of hydrogen-bond donors (Lipinski definition) is 3. The fourth-order valence-corrected chi connectivity index (χ4v) is 3.56. The van der Waals surface area contributed by atoms with Crippen molar-refractivity contribution in [3.63, 3.8) is 0 Å². The van der Waals surface area contributed by atoms with Crippen LogP contribution in [0, 0.1) is 0 Å². The second kappa shape index (κ2) is 14.7. The first kappa shape index (κ1) is 23.8. The molecule has 0 spiro atoms. The van der Waals surface area contributed by atoms with E-state index in [1.54, 1.807) is 0 Å². The molecule has 0 aromatic heterocycles. The Morgan fingerprint density at radius 2 is 1.50 bits per heavy atom. The Morgan fingerprint density at radius 3 is 2.04 bits per heavy atom. The number of aliphatic hydroxyl groups is 3. The van der Waals surface area contributed by atoms with Gasteiger partial charge < -0.3 is 24.8 Å². The van der Waals surface area contributed by atoms with Crippen LogP contribution < -0.4 is 0 Å². The minimum absolute atomic E-state index is 0.0357. The van der Waals surface area contributed by atoms with Crippen LogP contribution in [-0.4, -0.2) is 58.0 Å². The molecule has 4 atom stereocenters. The number of hydrogen-bond acceptors (Lipinski definition) is 6. The highest BCUT2D eigenvalue weighted by molar-refractivity contribution is 7.80. The smallest absolute Gasteiger partial charge is 0.160 e. The van der Waals surface area contributed by atoms with E-state index in [9.17, 15) is 10.2 Å². The summed E-state index contributed by atoms with van der Waals surface area (Å²) >= 11 is 5.24. The average Bonchev–Trinajstić information content (AvgIpc) is 2.63. The molecule has 1 rings (SSSR count). The first-order valence-electron chi connectivity index (χ1n) is 10.4. The van der Waals surface area contributed by atoms with Crippen molar-refractivity contribution in [2.75, 3.05) is 13.2 Å². The number of aliphatic hydroxyl groups excluding tert-OH is 3. The van der Waals surface area contributed by atoms with E-state index < -0.39 is 24.4 Å². The van der Waals surface area contributed by atoms with Crippen LogP contribution in [0.25, 0.3) is 0 Å². The molecule has 1 aliphatic heterocycles. The zero-order valence-corrected chi connectivity index (χ0v) is 17.1. The van der Waals surface area contributed by atoms with Crippen molar-refractivity contribution in [2.24, 2.45) is 0 Å². The van der Waals surface area contributed by atoms with Gasteiger partial charge in [0.2, 0.25) is 0 Å². The molecule has 0 bridgehead atoms. The van der Waals surface area contributed by atoms with E-state index in [1.165, 1.54) is 57.8 Å². The van der Waals surface area contributed by atoms with E-state index in [2.05, 4.69) is 6.92 Å². The summed E-state index contributed by atoms with van der Waals surface area (Å²) in [5.41, 5.74) is 0. The average molecular weight is 391 g/mol. The predicted molar refractivity (Wildman–Crippen MR) is 107 cm³/mol. The molecule has 5 nitrogen and oxygen atoms in total. The summed E-state index contributed by atoms with van der Waals surface area (Å²) in [6.07, 6.45) is 11.1. The van der Waals surface area contributed by atoms with Gasteiger partial charge in [0.15, 0.2) is 11.2 Å². The third-order valence-corrected chi connectivity index (χ3v) is 5.31. The Balaban J connectivity index is 2.03. The highest BCUT2D eigenvalue weighted by Crippen LogP contribution is 2.20. The molecule has 3 N–H and O–H groups in total. The fraction of sp³-hybridized carbons (Fsp3) is 0.950. The van der Waals surface area contributed by atoms with Gasteiger partial charge in [-0.05, 0) is 18.6 Å². The number of unbranched alkanes of at least 4 members (excludes halogenated alkanes) is 10. The topological polar surface area (TPSA) is 79.2 Å². The van der Waals surface area contributed by atoms with E-state index in [1.807, 2.05) is 0 Å². The van der Waals surface area contributed by atoms with Gasteiger partial charge in [-0.2, -0.15) is 0 Å². The largest absolute Gasteiger partial charge is 0.478 e. The summed E-state index contributed by atoms with van der Waals surface area (Å²) in [6, 6.07) is 0. The number of rotatable bonds is 14. The second-order valence-corrected chi connectivity index (χ2v) is 7.81. The minimum atomic E-state index is -1.07. The maximum absolute atomic E-state index is 10.1. The van der Waals surface area contributed by atoms with Crippen molar-refractivity contribution in [3.05, 3.63) is 0 Å². The van der Waals surface area contributed by atoms with Crippen LogP contribution in [0.3, 0.4) is 0 Å². The van der Waals surface area contributed by atoms with Gasteiger partial charge in [0, 0.05) is 6.42 Å². The molecule has 0 aromatic carbocycles. The monoisotopic (exact) mass is 390 g/mol. The molecular formula is C20H38O5S. The lowest BCUT2D eigenvalue weighted by atomic mass is 10.0. The van der Waals surface area contributed by atoms with Crippen molar-refractivity contribution in [1.82, 2.24) is 0 Å². The summed E-state index contributed by atoms with van der Waals surface area (Å²) in [7, 11) is 0. The molecule has 0 aliphatic carbocycles. The van der Waals surface area contributed by atoms with E-state index in [-0.39, 0.29) is 13.2 Å². The molecule has 0 amide bonds. The Bertz CT molecular complexity index is 366. The maximum atomic E-state index is 10.1. The molecule has 6 heteroatoms. The van der Waals surface area contributed by atoms with Gasteiger partial charge in [0.1, 0.15) is 18.3 Å². The molecular weight excluding hydrogens is 352 g/mol. The summed E-state index contributed by atoms with van der Waals surface area (Å²) in [4.78, 5) is 0. The molecule has 0 radical (unpaired) electrons. The predicted octanol–water partition coefficient (Wildman–Crippen LogP) is 3.51. The van der Waals surface area contributed by atoms with Gasteiger partial charge >= 0.3 is 0 Å². The van der Waals surface area contributed by atoms with Crippen molar-refractivity contribution in [3.8, 4) is 0 Å². The Hall–Kier alpha value is -0.270. The zero-order chi connectivity index (χ0) is 19.2. The van der Waals surface area contributed by atoms with E-state index in [0.717, 1.165) is 12.8 Å². The third-order valence-electron chi connectivity index (χ3n) is 5.01. The Morgan fingerprint density at radius 1 is 0.962 bits per heavy atom. The molecule has 0 unspecified atom stereocenters. The van der Waals surface area contributed by atoms with Gasteiger partial charge in [-0.1, -0.05) is 71.1 Å². The lowest BCUT2D eigenvalue weighted by molar-refractivity contribution is -0.190. The molecule has 1 fully saturated rings. The van der Waals surface area contributed by atoms with Crippen LogP contribution in [0.4, 0.5) is 0 Å². The van der Waals surface area contributed by atoms with Gasteiger partial charge in [-0.3, -0.25) is 0 Å². The highest BCUT2D eigenvalue weighted by Gasteiger charge is 2.40. The first-order chi connectivity index (χ1) is 12.6. The molecule has 0 saturated carbocycles. The van der Waals surface area contributed by atoms with E-state index in [4.69, 9.17) is 26.8 Å². The SMILES string of the molecule is CCCCCCCCCCCCCC(=S)O[C@@H]1[C@@H](O)[C@H](CO)OC[C@H]1O. The van der Waals surface area contributed by atoms with Crippen LogP contribution in [0.1, 0.15) is 84.0 Å². The molecule has 154 valence electrons. The third kappa shape index (κ3) is 9.60. The van der Waals surface area contributed by atoms with Gasteiger partial charge in [0.25, 0.3) is 0 Å². The fourth-order valence-electron chi connectivity index (χ4n) is 3.31. The molecule has 1 aliphatic rings. The Labute approximate surface area is 164 Å². The van der Waals surface area contributed by atoms with Crippen molar-refractivity contribution in [2.45, 2.75) is 108 Å². The standard InChI is InChI=1S/C20H38O5S/c1-2-3-4-5-6-7-8-9-10-11-12-13-18(26)25-20-16(22)15-24-17(14-21)19(20)23/h16-17,19-23H,2-15H2,1H3/t16-,17+,19+,20+/m1/s1. The van der Waals surface area contributed by atoms with Crippen LogP contribution in [0.5, 0.6) is 0 Å². The lowest BCUT2D eigenvalue weighted by Gasteiger charge is -2.37. The lowest BCUT2D eigenvalue weighted by Crippen LogP contribution is -2.55. The Kier molecular flexibility index (Phi) is 13.5. The zero-order valence-electron chi connectivity index (χ0n) is 16.3. The second-order valence-electron chi connectivity index (χ2n) is 7.35. The summed E-state index contributed by atoms with van der Waals surface area (Å²) in [5.74, 6) is 0. The minimum Gasteiger partial charge on any atom is -0.478 e. The quantitative estimate of drug-likeness (QED) is 0.311. The molecule has 1 heterocycles. The number of thiocarbonyl (C=S) groups is 1. The van der Waals surface area contributed by atoms with E-state index >= 15 is 0 Å². The van der Waals surface area contributed by atoms with Crippen molar-refractivity contribution >= 4 is 17.3 Å². The number of ether oxygens (including phenoxy) is 2. The summed E-state index contributed by atoms with van der Waals surface area (Å²) in [5, 5.41) is 29.6. The van der Waals surface area contributed by atoms with Crippen LogP contribution in [0.15, 0.2) is 0 Å². The van der Waals surface area contributed by atoms with Gasteiger partial charge in [0.05, 0.1) is 13.2 Å². The van der Waals surface area contributed by atoms with Crippen LogP contribution >= 0.6 is 12.2 Å². The van der Waals surface area contributed by atoms with Crippen molar-refractivity contribution < 1.29 is 24.8 Å². The van der Waals surface area contributed by atoms with Gasteiger partial charge in [-0.25, -0.2) is 0 Å². The molecule has 0 aromatic rings. The van der Waals surface area contributed by atoms with Crippen molar-refractivity contribution in [1.29, 1.82) is 0 Å². The molecule has 26 heavy (non-hydrogen) atoms. The van der Waals surface area contributed by atoms with Crippen LogP contribution in [-0.2, 0) is 9.47 Å². The normalized spacial score (nSPS) is 26.0. The van der Waals surface area contributed by atoms with Gasteiger partial charge in [-0.15, -0.1) is 0 Å². The van der Waals surface area contributed by atoms with Crippen LogP contribution in [0.2, 0.25) is 0 Å². The van der Waals surface area contributed by atoms with E-state index in [0.29, 0.717) is 11.5 Å². The summed E-state index contributed by atoms with van der Waals surface area (Å²) in [6.45, 7) is 1.98. The first-order valence-corrected chi connectivity index (χ1v) is 10.8. The summed E-state index contributed by atoms with van der Waals surface area (Å²) < 4.78 is 10.7. The maximum Gasteiger partial charge on any atom is 0.160 e.